The Kier molecular flexibility index (Phi) is 8.99. The Labute approximate surface area is 245 Å². The number of aliphatic hydroxyl groups is 2. The quantitative estimate of drug-likeness (QED) is 0.186. The standard InChI is InChI=1S/C29H34FN7O6/c1-16(2)19-13-20(24(39)14-23(19)38)26(31)37(28(32)42)18-4-5-22-17(12-18)6-8-35(22)11-10-34(3)25(40)7-9-36-15-21(30)27(41)33-29(36)43/h4-6,8,12-13,15-16,24,31,38-39H,7,9-11,14H2,1-3H3,(H2,32,42)(H,33,41,43). The first-order valence-electron chi connectivity index (χ1n) is 13.6. The number of nitrogens with two attached hydrogens (primary N) is 1. The van der Waals surface area contributed by atoms with Crippen molar-refractivity contribution in [1.82, 2.24) is 19.0 Å². The van der Waals surface area contributed by atoms with Gasteiger partial charge in [0.15, 0.2) is 0 Å². The molecule has 0 spiro atoms. The SMILES string of the molecule is CC(C)C1=C(O)CC(O)C(C(=N)N(C(N)=O)c2ccc3c(ccn3CCN(C)C(=O)CCn3cc(F)c(=O)[nH]c3=O)c2)=C1. The summed E-state index contributed by atoms with van der Waals surface area (Å²) in [5, 5.41) is 30.3. The summed E-state index contributed by atoms with van der Waals surface area (Å²) < 4.78 is 16.3. The van der Waals surface area contributed by atoms with E-state index in [-0.39, 0.29) is 48.4 Å². The third-order valence-corrected chi connectivity index (χ3v) is 7.38. The first-order chi connectivity index (χ1) is 20.3. The normalized spacial score (nSPS) is 15.1. The van der Waals surface area contributed by atoms with Gasteiger partial charge in [-0.1, -0.05) is 13.8 Å². The molecule has 4 rings (SSSR count). The number of urea groups is 1. The number of H-pyrrole nitrogens is 1. The number of aromatic amines is 1. The zero-order valence-corrected chi connectivity index (χ0v) is 24.0. The molecular formula is C29H34FN7O6. The highest BCUT2D eigenvalue weighted by atomic mass is 19.1. The van der Waals surface area contributed by atoms with Crippen molar-refractivity contribution >= 4 is 34.4 Å². The molecule has 2 heterocycles. The molecule has 14 heteroatoms. The van der Waals surface area contributed by atoms with Crippen molar-refractivity contribution in [3.63, 3.8) is 0 Å². The molecule has 0 bridgehead atoms. The molecule has 1 unspecified atom stereocenters. The third-order valence-electron chi connectivity index (χ3n) is 7.38. The fourth-order valence-corrected chi connectivity index (χ4v) is 4.94. The first kappa shape index (κ1) is 31.0. The van der Waals surface area contributed by atoms with Crippen molar-refractivity contribution in [2.75, 3.05) is 18.5 Å². The number of amides is 3. The lowest BCUT2D eigenvalue weighted by molar-refractivity contribution is -0.130. The van der Waals surface area contributed by atoms with Gasteiger partial charge >= 0.3 is 11.7 Å². The molecule has 13 nitrogen and oxygen atoms in total. The topological polar surface area (TPSA) is 191 Å². The molecule has 6 N–H and O–H groups in total. The van der Waals surface area contributed by atoms with E-state index in [2.05, 4.69) is 0 Å². The Bertz CT molecular complexity index is 1770. The van der Waals surface area contributed by atoms with E-state index in [1.807, 2.05) is 35.7 Å². The van der Waals surface area contributed by atoms with Gasteiger partial charge in [0, 0.05) is 62.2 Å². The summed E-state index contributed by atoms with van der Waals surface area (Å²) in [7, 11) is 1.60. The smallest absolute Gasteiger partial charge is 0.328 e. The number of benzene rings is 1. The van der Waals surface area contributed by atoms with Gasteiger partial charge in [0.25, 0.3) is 5.56 Å². The van der Waals surface area contributed by atoms with Gasteiger partial charge in [0.1, 0.15) is 5.84 Å². The molecule has 3 amide bonds. The molecule has 0 saturated carbocycles. The number of aryl methyl sites for hydroxylation is 1. The lowest BCUT2D eigenvalue weighted by atomic mass is 9.88. The number of rotatable bonds is 9. The van der Waals surface area contributed by atoms with Crippen LogP contribution in [0.2, 0.25) is 0 Å². The maximum Gasteiger partial charge on any atom is 0.328 e. The van der Waals surface area contributed by atoms with Gasteiger partial charge in [0.05, 0.1) is 23.7 Å². The minimum Gasteiger partial charge on any atom is -0.512 e. The van der Waals surface area contributed by atoms with Crippen LogP contribution in [-0.4, -0.2) is 66.7 Å². The van der Waals surface area contributed by atoms with Crippen molar-refractivity contribution in [3.8, 4) is 0 Å². The Morgan fingerprint density at radius 1 is 1.21 bits per heavy atom. The van der Waals surface area contributed by atoms with Crippen molar-refractivity contribution in [3.05, 3.63) is 86.3 Å². The number of aliphatic hydroxyl groups excluding tert-OH is 2. The molecule has 228 valence electrons. The minimum absolute atomic E-state index is 0.0411. The highest BCUT2D eigenvalue weighted by Crippen LogP contribution is 2.31. The molecule has 3 aromatic rings. The summed E-state index contributed by atoms with van der Waals surface area (Å²) in [5.74, 6) is -1.71. The predicted molar refractivity (Wildman–Crippen MR) is 158 cm³/mol. The van der Waals surface area contributed by atoms with Gasteiger partial charge < -0.3 is 25.4 Å². The number of likely N-dealkylation sites (N-methyl/N-ethyl adjacent to an activating group) is 1. The number of amidine groups is 1. The van der Waals surface area contributed by atoms with Crippen LogP contribution in [0.5, 0.6) is 0 Å². The van der Waals surface area contributed by atoms with E-state index in [9.17, 15) is 33.8 Å². The fraction of sp³-hybridized carbons (Fsp3) is 0.345. The summed E-state index contributed by atoms with van der Waals surface area (Å²) >= 11 is 0. The molecule has 1 aliphatic rings. The number of hydrogen-bond acceptors (Lipinski definition) is 7. The summed E-state index contributed by atoms with van der Waals surface area (Å²) in [6.07, 6.45) is 2.78. The highest BCUT2D eigenvalue weighted by Gasteiger charge is 2.30. The van der Waals surface area contributed by atoms with E-state index in [0.717, 1.165) is 26.6 Å². The third kappa shape index (κ3) is 6.59. The van der Waals surface area contributed by atoms with Crippen molar-refractivity contribution in [1.29, 1.82) is 5.41 Å². The predicted octanol–water partition coefficient (Wildman–Crippen LogP) is 2.20. The zero-order valence-electron chi connectivity index (χ0n) is 24.0. The van der Waals surface area contributed by atoms with Crippen LogP contribution in [0.15, 0.2) is 69.2 Å². The second-order valence-electron chi connectivity index (χ2n) is 10.6. The van der Waals surface area contributed by atoms with Crippen LogP contribution in [0.25, 0.3) is 10.9 Å². The van der Waals surface area contributed by atoms with Crippen LogP contribution in [-0.2, 0) is 17.9 Å². The monoisotopic (exact) mass is 595 g/mol. The van der Waals surface area contributed by atoms with E-state index in [1.165, 1.54) is 11.0 Å². The summed E-state index contributed by atoms with van der Waals surface area (Å²) in [4.78, 5) is 52.4. The Morgan fingerprint density at radius 3 is 2.60 bits per heavy atom. The maximum atomic E-state index is 13.5. The van der Waals surface area contributed by atoms with Gasteiger partial charge in [-0.15, -0.1) is 0 Å². The van der Waals surface area contributed by atoms with Crippen LogP contribution in [0, 0.1) is 17.1 Å². The molecule has 0 aliphatic heterocycles. The molecular weight excluding hydrogens is 561 g/mol. The molecule has 1 aromatic carbocycles. The van der Waals surface area contributed by atoms with Crippen molar-refractivity contribution < 1.29 is 24.2 Å². The van der Waals surface area contributed by atoms with Crippen LogP contribution >= 0.6 is 0 Å². The molecule has 1 atom stereocenters. The van der Waals surface area contributed by atoms with Crippen LogP contribution in [0.1, 0.15) is 26.7 Å². The number of carbonyl (C=O) groups excluding carboxylic acids is 2. The number of nitrogens with one attached hydrogen (secondary N) is 2. The summed E-state index contributed by atoms with van der Waals surface area (Å²) in [5.41, 5.74) is 5.61. The van der Waals surface area contributed by atoms with Crippen LogP contribution < -0.4 is 21.9 Å². The zero-order chi connectivity index (χ0) is 31.6. The number of fused-ring (bicyclic) bond motifs is 1. The summed E-state index contributed by atoms with van der Waals surface area (Å²) in [6.45, 7) is 4.39. The van der Waals surface area contributed by atoms with Gasteiger partial charge in [-0.2, -0.15) is 4.39 Å². The minimum atomic E-state index is -1.18. The second-order valence-corrected chi connectivity index (χ2v) is 10.6. The Hall–Kier alpha value is -4.98. The lowest BCUT2D eigenvalue weighted by Crippen LogP contribution is -2.43. The highest BCUT2D eigenvalue weighted by molar-refractivity contribution is 6.22. The maximum absolute atomic E-state index is 13.5. The lowest BCUT2D eigenvalue weighted by Gasteiger charge is -2.29. The van der Waals surface area contributed by atoms with Crippen molar-refractivity contribution in [2.45, 2.75) is 45.9 Å². The number of carbonyl (C=O) groups is 2. The average molecular weight is 596 g/mol. The number of aromatic nitrogens is 3. The molecule has 2 aromatic heterocycles. The first-order valence-corrected chi connectivity index (χ1v) is 13.6. The van der Waals surface area contributed by atoms with Gasteiger partial charge in [0.2, 0.25) is 11.7 Å². The number of nitrogens with zero attached hydrogens (tertiary/aromatic N) is 4. The molecule has 43 heavy (non-hydrogen) atoms. The Balaban J connectivity index is 1.46. The van der Waals surface area contributed by atoms with E-state index >= 15 is 0 Å². The molecule has 0 fully saturated rings. The van der Waals surface area contributed by atoms with Crippen molar-refractivity contribution in [2.24, 2.45) is 11.7 Å². The number of hydrogen-bond donors (Lipinski definition) is 5. The number of halogens is 1. The Morgan fingerprint density at radius 2 is 1.93 bits per heavy atom. The fourth-order valence-electron chi connectivity index (χ4n) is 4.94. The van der Waals surface area contributed by atoms with E-state index in [0.29, 0.717) is 24.4 Å². The number of anilines is 1. The van der Waals surface area contributed by atoms with E-state index < -0.39 is 29.2 Å². The largest absolute Gasteiger partial charge is 0.512 e. The van der Waals surface area contributed by atoms with E-state index in [4.69, 9.17) is 11.1 Å². The molecule has 1 aliphatic carbocycles. The second kappa shape index (κ2) is 12.5. The number of primary amides is 1. The average Bonchev–Trinajstić information content (AvgIpc) is 3.34. The summed E-state index contributed by atoms with van der Waals surface area (Å²) in [6, 6.07) is 5.97. The molecule has 0 radical (unpaired) electrons. The van der Waals surface area contributed by atoms with Gasteiger partial charge in [-0.25, -0.2) is 14.5 Å². The van der Waals surface area contributed by atoms with Gasteiger partial charge in [-0.05, 0) is 41.8 Å². The van der Waals surface area contributed by atoms with Crippen LogP contribution in [0.3, 0.4) is 0 Å². The number of allylic oxidation sites excluding steroid dienone is 2. The van der Waals surface area contributed by atoms with Gasteiger partial charge in [-0.3, -0.25) is 24.5 Å². The molecule has 0 saturated heterocycles. The van der Waals surface area contributed by atoms with Crippen LogP contribution in [0.4, 0.5) is 14.9 Å². The van der Waals surface area contributed by atoms with E-state index in [1.54, 1.807) is 25.2 Å².